The van der Waals surface area contributed by atoms with Gasteiger partial charge in [0.25, 0.3) is 17.5 Å². The van der Waals surface area contributed by atoms with Crippen molar-refractivity contribution in [2.24, 2.45) is 0 Å². The van der Waals surface area contributed by atoms with Gasteiger partial charge < -0.3 is 0 Å². The van der Waals surface area contributed by atoms with Gasteiger partial charge in [-0.2, -0.15) is 0 Å². The fourth-order valence-electron chi connectivity index (χ4n) is 2.57. The Kier molecular flexibility index (Phi) is 3.65. The first kappa shape index (κ1) is 15.2. The van der Waals surface area contributed by atoms with Crippen LogP contribution in [0.2, 0.25) is 0 Å². The summed E-state index contributed by atoms with van der Waals surface area (Å²) in [6.07, 6.45) is 1.89. The van der Waals surface area contributed by atoms with Gasteiger partial charge in [0, 0.05) is 17.0 Å². The highest BCUT2D eigenvalue weighted by Gasteiger charge is 2.37. The van der Waals surface area contributed by atoms with Crippen LogP contribution in [0.5, 0.6) is 0 Å². The summed E-state index contributed by atoms with van der Waals surface area (Å²) in [5.41, 5.74) is 1.50. The molecule has 116 valence electrons. The minimum Gasteiger partial charge on any atom is -0.268 e. The molecule has 0 saturated heterocycles. The van der Waals surface area contributed by atoms with Crippen LogP contribution in [0, 0.1) is 17.0 Å². The molecule has 1 aliphatic rings. The normalized spacial score (nSPS) is 13.4. The van der Waals surface area contributed by atoms with Crippen molar-refractivity contribution in [1.82, 2.24) is 0 Å². The Morgan fingerprint density at radius 3 is 2.35 bits per heavy atom. The number of hydrogen-bond donors (Lipinski definition) is 0. The number of rotatable bonds is 3. The molecule has 0 atom stereocenters. The first-order chi connectivity index (χ1) is 10.9. The molecule has 7 heteroatoms. The Hall–Kier alpha value is -2.67. The first-order valence-corrected chi connectivity index (χ1v) is 7.98. The van der Waals surface area contributed by atoms with E-state index in [9.17, 15) is 19.7 Å². The monoisotopic (exact) mass is 328 g/mol. The maximum absolute atomic E-state index is 12.6. The lowest BCUT2D eigenvalue weighted by molar-refractivity contribution is -0.384. The summed E-state index contributed by atoms with van der Waals surface area (Å²) in [5.74, 6) is -0.813. The third-order valence-corrected chi connectivity index (χ3v) is 4.45. The van der Waals surface area contributed by atoms with Gasteiger partial charge in [-0.1, -0.05) is 0 Å². The molecule has 0 bridgehead atoms. The average molecular weight is 328 g/mol. The topological polar surface area (TPSA) is 80.5 Å². The summed E-state index contributed by atoms with van der Waals surface area (Å²) in [6.45, 7) is 1.64. The fraction of sp³-hybridized carbons (Fsp3) is 0.125. The number of benzene rings is 2. The highest BCUT2D eigenvalue weighted by atomic mass is 32.2. The number of carbonyl (C=O) groups excluding carboxylic acids is 2. The molecular formula is C16H12N2O4S. The van der Waals surface area contributed by atoms with Crippen molar-refractivity contribution >= 4 is 35.0 Å². The highest BCUT2D eigenvalue weighted by Crippen LogP contribution is 2.33. The molecule has 23 heavy (non-hydrogen) atoms. The van der Waals surface area contributed by atoms with E-state index in [0.717, 1.165) is 9.80 Å². The molecule has 0 saturated carbocycles. The number of non-ortho nitro benzene ring substituents is 1. The van der Waals surface area contributed by atoms with E-state index in [1.54, 1.807) is 25.1 Å². The van der Waals surface area contributed by atoms with E-state index in [1.807, 2.05) is 6.26 Å². The van der Waals surface area contributed by atoms with Gasteiger partial charge in [0.05, 0.1) is 21.7 Å². The summed E-state index contributed by atoms with van der Waals surface area (Å²) >= 11 is 1.49. The van der Waals surface area contributed by atoms with Crippen molar-refractivity contribution in [3.63, 3.8) is 0 Å². The predicted molar refractivity (Wildman–Crippen MR) is 87.2 cm³/mol. The van der Waals surface area contributed by atoms with Crippen molar-refractivity contribution in [2.45, 2.75) is 11.8 Å². The van der Waals surface area contributed by atoms with Crippen molar-refractivity contribution in [3.8, 4) is 0 Å². The second kappa shape index (κ2) is 5.51. The zero-order valence-electron chi connectivity index (χ0n) is 12.4. The van der Waals surface area contributed by atoms with Crippen molar-refractivity contribution in [2.75, 3.05) is 11.2 Å². The van der Waals surface area contributed by atoms with E-state index < -0.39 is 16.7 Å². The maximum atomic E-state index is 12.6. The summed E-state index contributed by atoms with van der Waals surface area (Å²) < 4.78 is 0. The number of hydrogen-bond acceptors (Lipinski definition) is 5. The van der Waals surface area contributed by atoms with Crippen LogP contribution in [0.4, 0.5) is 11.4 Å². The number of carbonyl (C=O) groups is 2. The third-order valence-electron chi connectivity index (χ3n) is 3.73. The number of fused-ring (bicyclic) bond motifs is 1. The van der Waals surface area contributed by atoms with E-state index in [2.05, 4.69) is 0 Å². The average Bonchev–Trinajstić information content (AvgIpc) is 2.78. The van der Waals surface area contributed by atoms with Crippen LogP contribution in [0.25, 0.3) is 0 Å². The van der Waals surface area contributed by atoms with Crippen LogP contribution in [0.1, 0.15) is 26.3 Å². The summed E-state index contributed by atoms with van der Waals surface area (Å²) in [7, 11) is 0. The van der Waals surface area contributed by atoms with E-state index in [4.69, 9.17) is 0 Å². The molecule has 0 unspecified atom stereocenters. The molecule has 2 aromatic rings. The Balaban J connectivity index is 2.07. The number of nitro benzene ring substituents is 1. The van der Waals surface area contributed by atoms with Crippen LogP contribution >= 0.6 is 11.8 Å². The van der Waals surface area contributed by atoms with Crippen LogP contribution in [0.3, 0.4) is 0 Å². The van der Waals surface area contributed by atoms with Crippen molar-refractivity contribution in [1.29, 1.82) is 0 Å². The summed E-state index contributed by atoms with van der Waals surface area (Å²) in [4.78, 5) is 37.4. The largest absolute Gasteiger partial charge is 0.269 e. The van der Waals surface area contributed by atoms with Gasteiger partial charge in [-0.3, -0.25) is 19.7 Å². The number of anilines is 1. The van der Waals surface area contributed by atoms with Crippen LogP contribution in [-0.2, 0) is 0 Å². The zero-order chi connectivity index (χ0) is 16.7. The number of imide groups is 1. The van der Waals surface area contributed by atoms with Crippen LogP contribution in [0.15, 0.2) is 41.3 Å². The Labute approximate surface area is 136 Å². The standard InChI is InChI=1S/C16H12N2O4S/c1-9-7-10(18(21)22)3-6-14(9)17-15(19)12-5-4-11(23-2)8-13(12)16(17)20/h3-8H,1-2H3. The molecule has 0 N–H and O–H groups in total. The lowest BCUT2D eigenvalue weighted by Crippen LogP contribution is -2.30. The highest BCUT2D eigenvalue weighted by molar-refractivity contribution is 7.98. The Morgan fingerprint density at radius 1 is 1.04 bits per heavy atom. The van der Waals surface area contributed by atoms with Gasteiger partial charge in [-0.25, -0.2) is 4.90 Å². The number of thioether (sulfide) groups is 1. The molecule has 2 aromatic carbocycles. The van der Waals surface area contributed by atoms with Gasteiger partial charge in [0.2, 0.25) is 0 Å². The fourth-order valence-corrected chi connectivity index (χ4v) is 3.01. The lowest BCUT2D eigenvalue weighted by atomic mass is 10.1. The van der Waals surface area contributed by atoms with Gasteiger partial charge in [-0.15, -0.1) is 11.8 Å². The molecule has 2 amide bonds. The smallest absolute Gasteiger partial charge is 0.268 e. The molecule has 0 radical (unpaired) electrons. The molecule has 1 heterocycles. The van der Waals surface area contributed by atoms with E-state index >= 15 is 0 Å². The van der Waals surface area contributed by atoms with E-state index in [0.29, 0.717) is 22.4 Å². The molecule has 0 aromatic heterocycles. The molecule has 1 aliphatic heterocycles. The predicted octanol–water partition coefficient (Wildman–Crippen LogP) is 3.43. The number of nitrogens with zero attached hydrogens (tertiary/aromatic N) is 2. The van der Waals surface area contributed by atoms with E-state index in [-0.39, 0.29) is 5.69 Å². The summed E-state index contributed by atoms with van der Waals surface area (Å²) in [5, 5.41) is 10.8. The second-order valence-corrected chi connectivity index (χ2v) is 5.96. The molecule has 0 aliphatic carbocycles. The maximum Gasteiger partial charge on any atom is 0.269 e. The number of amides is 2. The molecule has 0 fully saturated rings. The van der Waals surface area contributed by atoms with Crippen LogP contribution in [-0.4, -0.2) is 23.0 Å². The SMILES string of the molecule is CSc1ccc2c(c1)C(=O)N(c1ccc([N+](=O)[O-])cc1C)C2=O. The van der Waals surface area contributed by atoms with Gasteiger partial charge in [0.15, 0.2) is 0 Å². The molecule has 6 nitrogen and oxygen atoms in total. The van der Waals surface area contributed by atoms with Crippen molar-refractivity contribution in [3.05, 3.63) is 63.2 Å². The molecule has 3 rings (SSSR count). The minimum atomic E-state index is -0.510. The van der Waals surface area contributed by atoms with Gasteiger partial charge in [-0.05, 0) is 43.0 Å². The lowest BCUT2D eigenvalue weighted by Gasteiger charge is -2.16. The number of nitro groups is 1. The van der Waals surface area contributed by atoms with Gasteiger partial charge in [0.1, 0.15) is 0 Å². The van der Waals surface area contributed by atoms with Crippen molar-refractivity contribution < 1.29 is 14.5 Å². The number of aryl methyl sites for hydroxylation is 1. The molecule has 0 spiro atoms. The first-order valence-electron chi connectivity index (χ1n) is 6.76. The van der Waals surface area contributed by atoms with Gasteiger partial charge >= 0.3 is 0 Å². The zero-order valence-corrected chi connectivity index (χ0v) is 13.2. The third kappa shape index (κ3) is 2.39. The van der Waals surface area contributed by atoms with Crippen LogP contribution < -0.4 is 4.90 Å². The second-order valence-electron chi connectivity index (χ2n) is 5.09. The summed E-state index contributed by atoms with van der Waals surface area (Å²) in [6, 6.07) is 9.21. The minimum absolute atomic E-state index is 0.0764. The van der Waals surface area contributed by atoms with E-state index in [1.165, 1.54) is 30.0 Å². The Bertz CT molecular complexity index is 863. The Morgan fingerprint density at radius 2 is 1.74 bits per heavy atom. The molecular weight excluding hydrogens is 316 g/mol. The quantitative estimate of drug-likeness (QED) is 0.373.